The van der Waals surface area contributed by atoms with Crippen molar-refractivity contribution in [2.45, 2.75) is 60.3 Å². The molecule has 154 valence electrons. The maximum absolute atomic E-state index is 13.3. The second-order valence-corrected chi connectivity index (χ2v) is 8.77. The molecule has 3 aromatic rings. The number of esters is 1. The summed E-state index contributed by atoms with van der Waals surface area (Å²) in [5.74, 6) is -0.731. The molecule has 4 heterocycles. The van der Waals surface area contributed by atoms with Gasteiger partial charge in [0.05, 0.1) is 29.0 Å². The van der Waals surface area contributed by atoms with Crippen molar-refractivity contribution in [3.63, 3.8) is 0 Å². The molecule has 1 atom stereocenters. The Bertz CT molecular complexity index is 1380. The summed E-state index contributed by atoms with van der Waals surface area (Å²) >= 11 is 0. The summed E-state index contributed by atoms with van der Waals surface area (Å²) in [6.07, 6.45) is 0. The molecule has 0 aliphatic carbocycles. The number of aryl methyl sites for hydroxylation is 3. The Hall–Kier alpha value is -2.99. The molecule has 0 saturated heterocycles. The van der Waals surface area contributed by atoms with Crippen LogP contribution in [0.4, 0.5) is 0 Å². The lowest BCUT2D eigenvalue weighted by molar-refractivity contribution is -0.169. The first kappa shape index (κ1) is 19.0. The minimum Gasteiger partial charge on any atom is -0.458 e. The normalized spacial score (nSPS) is 19.5. The maximum atomic E-state index is 13.3. The molecule has 1 N–H and O–H groups in total. The molecule has 0 fully saturated rings. The molecular weight excluding hydrogens is 380 g/mol. The SMILES string of the molecule is Cc1cc2nc3c(c(C)c2c(C)c1C)Cn1c-3c(C)c2c(c1=O)COC(=O)[C@@]2(C)O. The van der Waals surface area contributed by atoms with Crippen molar-refractivity contribution in [1.82, 2.24) is 9.55 Å². The molecule has 6 nitrogen and oxygen atoms in total. The number of carbonyl (C=O) groups excluding carboxylic acids is 1. The molecular formula is C24H24N2O4. The summed E-state index contributed by atoms with van der Waals surface area (Å²) in [6.45, 7) is 11.9. The predicted octanol–water partition coefficient (Wildman–Crippen LogP) is 3.23. The summed E-state index contributed by atoms with van der Waals surface area (Å²) < 4.78 is 6.81. The number of hydrogen-bond acceptors (Lipinski definition) is 5. The number of carbonyl (C=O) groups is 1. The van der Waals surface area contributed by atoms with Gasteiger partial charge < -0.3 is 14.4 Å². The number of ether oxygens (including phenoxy) is 1. The number of aliphatic hydroxyl groups is 1. The van der Waals surface area contributed by atoms with Gasteiger partial charge in [-0.2, -0.15) is 0 Å². The van der Waals surface area contributed by atoms with E-state index in [1.54, 1.807) is 4.57 Å². The first-order chi connectivity index (χ1) is 14.1. The van der Waals surface area contributed by atoms with Gasteiger partial charge in [-0.25, -0.2) is 9.78 Å². The summed E-state index contributed by atoms with van der Waals surface area (Å²) in [6, 6.07) is 2.09. The smallest absolute Gasteiger partial charge is 0.342 e. The summed E-state index contributed by atoms with van der Waals surface area (Å²) in [7, 11) is 0. The fourth-order valence-electron chi connectivity index (χ4n) is 5.23. The van der Waals surface area contributed by atoms with E-state index in [1.165, 1.54) is 23.6 Å². The van der Waals surface area contributed by atoms with Crippen LogP contribution in [0, 0.1) is 34.6 Å². The van der Waals surface area contributed by atoms with Gasteiger partial charge in [0.15, 0.2) is 5.60 Å². The van der Waals surface area contributed by atoms with Crippen molar-refractivity contribution < 1.29 is 14.6 Å². The van der Waals surface area contributed by atoms with E-state index < -0.39 is 11.6 Å². The summed E-state index contributed by atoms with van der Waals surface area (Å²) in [5.41, 5.74) is 7.44. The number of cyclic esters (lactones) is 1. The van der Waals surface area contributed by atoms with E-state index in [0.717, 1.165) is 27.7 Å². The topological polar surface area (TPSA) is 81.4 Å². The Kier molecular flexibility index (Phi) is 3.67. The maximum Gasteiger partial charge on any atom is 0.342 e. The molecule has 6 heteroatoms. The molecule has 0 bridgehead atoms. The highest BCUT2D eigenvalue weighted by molar-refractivity contribution is 5.92. The van der Waals surface area contributed by atoms with Crippen LogP contribution in [0.3, 0.4) is 0 Å². The number of benzene rings is 1. The van der Waals surface area contributed by atoms with Gasteiger partial charge in [-0.05, 0) is 75.4 Å². The van der Waals surface area contributed by atoms with Crippen molar-refractivity contribution in [3.05, 3.63) is 60.9 Å². The van der Waals surface area contributed by atoms with Crippen molar-refractivity contribution in [1.29, 1.82) is 0 Å². The van der Waals surface area contributed by atoms with Crippen LogP contribution < -0.4 is 5.56 Å². The van der Waals surface area contributed by atoms with E-state index in [1.807, 2.05) is 6.92 Å². The fourth-order valence-corrected chi connectivity index (χ4v) is 5.23. The van der Waals surface area contributed by atoms with Gasteiger partial charge >= 0.3 is 5.97 Å². The lowest BCUT2D eigenvalue weighted by Gasteiger charge is -2.31. The number of nitrogens with zero attached hydrogens (tertiary/aromatic N) is 2. The molecule has 5 rings (SSSR count). The molecule has 0 amide bonds. The zero-order valence-electron chi connectivity index (χ0n) is 18.1. The van der Waals surface area contributed by atoms with Gasteiger partial charge in [-0.3, -0.25) is 4.79 Å². The first-order valence-corrected chi connectivity index (χ1v) is 10.1. The highest BCUT2D eigenvalue weighted by atomic mass is 16.6. The van der Waals surface area contributed by atoms with Gasteiger partial charge in [0.1, 0.15) is 6.61 Å². The van der Waals surface area contributed by atoms with Crippen LogP contribution in [0.5, 0.6) is 0 Å². The van der Waals surface area contributed by atoms with Gasteiger partial charge in [0.25, 0.3) is 5.56 Å². The number of pyridine rings is 2. The summed E-state index contributed by atoms with van der Waals surface area (Å²) in [4.78, 5) is 30.5. The van der Waals surface area contributed by atoms with Gasteiger partial charge in [0, 0.05) is 16.5 Å². The van der Waals surface area contributed by atoms with Crippen LogP contribution in [0.25, 0.3) is 22.3 Å². The molecule has 0 saturated carbocycles. The van der Waals surface area contributed by atoms with E-state index in [-0.39, 0.29) is 12.2 Å². The Morgan fingerprint density at radius 3 is 2.43 bits per heavy atom. The van der Waals surface area contributed by atoms with E-state index in [0.29, 0.717) is 28.9 Å². The molecule has 30 heavy (non-hydrogen) atoms. The van der Waals surface area contributed by atoms with Crippen molar-refractivity contribution in [2.24, 2.45) is 0 Å². The van der Waals surface area contributed by atoms with Gasteiger partial charge in [-0.15, -0.1) is 0 Å². The van der Waals surface area contributed by atoms with Crippen LogP contribution in [-0.4, -0.2) is 20.6 Å². The lowest BCUT2D eigenvalue weighted by Crippen LogP contribution is -2.43. The van der Waals surface area contributed by atoms with E-state index >= 15 is 0 Å². The minimum absolute atomic E-state index is 0.119. The number of hydrogen-bond donors (Lipinski definition) is 1. The van der Waals surface area contributed by atoms with Gasteiger partial charge in [-0.1, -0.05) is 0 Å². The van der Waals surface area contributed by atoms with Crippen molar-refractivity contribution in [2.75, 3.05) is 0 Å². The number of aromatic nitrogens is 2. The minimum atomic E-state index is -1.86. The molecule has 2 aromatic heterocycles. The lowest BCUT2D eigenvalue weighted by atomic mass is 9.85. The average molecular weight is 404 g/mol. The highest BCUT2D eigenvalue weighted by Crippen LogP contribution is 2.42. The van der Waals surface area contributed by atoms with Crippen molar-refractivity contribution >= 4 is 16.9 Å². The summed E-state index contributed by atoms with van der Waals surface area (Å²) in [5, 5.41) is 12.0. The van der Waals surface area contributed by atoms with E-state index in [9.17, 15) is 14.7 Å². The van der Waals surface area contributed by atoms with Crippen LogP contribution in [0.2, 0.25) is 0 Å². The van der Waals surface area contributed by atoms with Crippen LogP contribution >= 0.6 is 0 Å². The quantitative estimate of drug-likeness (QED) is 0.455. The Morgan fingerprint density at radius 1 is 1.03 bits per heavy atom. The van der Waals surface area contributed by atoms with Crippen molar-refractivity contribution in [3.8, 4) is 11.4 Å². The van der Waals surface area contributed by atoms with E-state index in [2.05, 4.69) is 33.8 Å². The number of fused-ring (bicyclic) bond motifs is 5. The Labute approximate surface area is 174 Å². The van der Waals surface area contributed by atoms with Crippen LogP contribution in [0.15, 0.2) is 10.9 Å². The molecule has 0 spiro atoms. The van der Waals surface area contributed by atoms with E-state index in [4.69, 9.17) is 9.72 Å². The first-order valence-electron chi connectivity index (χ1n) is 10.1. The monoisotopic (exact) mass is 404 g/mol. The second kappa shape index (κ2) is 5.79. The van der Waals surface area contributed by atoms with Crippen LogP contribution in [-0.2, 0) is 28.3 Å². The zero-order chi connectivity index (χ0) is 21.7. The molecule has 2 aliphatic rings. The average Bonchev–Trinajstić information content (AvgIpc) is 3.06. The third-order valence-electron chi connectivity index (χ3n) is 7.06. The molecule has 2 aliphatic heterocycles. The predicted molar refractivity (Wildman–Crippen MR) is 114 cm³/mol. The molecule has 1 aromatic carbocycles. The molecule has 0 radical (unpaired) electrons. The van der Waals surface area contributed by atoms with Crippen LogP contribution in [0.1, 0.15) is 51.4 Å². The Morgan fingerprint density at radius 2 is 1.73 bits per heavy atom. The standard InChI is InChI=1S/C24H24N2O4/c1-10-7-17-18(12(3)11(10)2)13(4)15-8-26-21(20(15)25-17)14(5)19-16(22(26)27)9-30-23(28)24(19,6)29/h7,29H,8-9H2,1-6H3/t24-/m0/s1. The third kappa shape index (κ3) is 2.14. The number of rotatable bonds is 0. The second-order valence-electron chi connectivity index (χ2n) is 8.77. The highest BCUT2D eigenvalue weighted by Gasteiger charge is 2.45. The Balaban J connectivity index is 1.91. The van der Waals surface area contributed by atoms with Gasteiger partial charge in [0.2, 0.25) is 0 Å². The zero-order valence-corrected chi connectivity index (χ0v) is 18.1. The fraction of sp³-hybridized carbons (Fsp3) is 0.375. The largest absolute Gasteiger partial charge is 0.458 e. The third-order valence-corrected chi connectivity index (χ3v) is 7.06. The molecule has 0 unspecified atom stereocenters.